The predicted octanol–water partition coefficient (Wildman–Crippen LogP) is 1.71. The van der Waals surface area contributed by atoms with E-state index in [0.717, 1.165) is 0 Å². The van der Waals surface area contributed by atoms with Gasteiger partial charge in [0.2, 0.25) is 0 Å². The number of carbonyl (C=O) groups excluding carboxylic acids is 1. The summed E-state index contributed by atoms with van der Waals surface area (Å²) in [4.78, 5) is 29.7. The summed E-state index contributed by atoms with van der Waals surface area (Å²) in [5.74, 6) is -4.62. The number of carboxylic acid groups (broad SMARTS) is 1. The molecule has 1 amide bonds. The first-order valence-corrected chi connectivity index (χ1v) is 5.27. The zero-order valence-corrected chi connectivity index (χ0v) is 9.80. The van der Waals surface area contributed by atoms with E-state index in [9.17, 15) is 18.4 Å². The highest BCUT2D eigenvalue weighted by Crippen LogP contribution is 2.20. The maximum absolute atomic E-state index is 13.5. The number of carbonyl (C=O) groups is 2. The van der Waals surface area contributed by atoms with Crippen LogP contribution in [0.1, 0.15) is 20.7 Å². The van der Waals surface area contributed by atoms with Gasteiger partial charge in [0.15, 0.2) is 0 Å². The van der Waals surface area contributed by atoms with E-state index < -0.39 is 34.8 Å². The van der Waals surface area contributed by atoms with Crippen LogP contribution in [0.4, 0.5) is 14.5 Å². The normalized spacial score (nSPS) is 10.1. The van der Waals surface area contributed by atoms with Crippen molar-refractivity contribution in [3.8, 4) is 0 Å². The van der Waals surface area contributed by atoms with Crippen molar-refractivity contribution in [2.24, 2.45) is 0 Å². The predicted molar refractivity (Wildman–Crippen MR) is 63.3 cm³/mol. The number of nitrogens with one attached hydrogen (secondary N) is 1. The Morgan fingerprint density at radius 2 is 1.75 bits per heavy atom. The molecule has 2 aromatic rings. The minimum atomic E-state index is -1.57. The molecule has 0 aliphatic carbocycles. The molecule has 1 heterocycles. The molecule has 8 heteroatoms. The molecule has 1 aromatic carbocycles. The maximum Gasteiger partial charge on any atom is 0.338 e. The molecular formula is C12H7F2N3O3. The van der Waals surface area contributed by atoms with Gasteiger partial charge in [-0.1, -0.05) is 0 Å². The molecule has 0 fully saturated rings. The minimum absolute atomic E-state index is 0.0492. The minimum Gasteiger partial charge on any atom is -0.478 e. The lowest BCUT2D eigenvalue weighted by atomic mass is 10.1. The fourth-order valence-corrected chi connectivity index (χ4v) is 1.42. The fourth-order valence-electron chi connectivity index (χ4n) is 1.42. The van der Waals surface area contributed by atoms with Crippen molar-refractivity contribution in [3.05, 3.63) is 53.6 Å². The molecule has 0 saturated carbocycles. The standard InChI is InChI=1S/C12H7F2N3O3/c13-8-2-9(14)10(1-7(8)12(19)20)17-11(18)6-3-15-5-16-4-6/h1-5H,(H,17,18)(H,19,20). The lowest BCUT2D eigenvalue weighted by Crippen LogP contribution is -2.15. The number of amides is 1. The molecule has 0 bridgehead atoms. The van der Waals surface area contributed by atoms with E-state index in [1.165, 1.54) is 18.7 Å². The highest BCUT2D eigenvalue weighted by Gasteiger charge is 2.17. The third-order valence-electron chi connectivity index (χ3n) is 2.36. The van der Waals surface area contributed by atoms with Gasteiger partial charge in [0.1, 0.15) is 18.0 Å². The Morgan fingerprint density at radius 3 is 2.35 bits per heavy atom. The van der Waals surface area contributed by atoms with Crippen LogP contribution in [0.2, 0.25) is 0 Å². The SMILES string of the molecule is O=C(Nc1cc(C(=O)O)c(F)cc1F)c1cncnc1. The van der Waals surface area contributed by atoms with Crippen LogP contribution in [-0.4, -0.2) is 27.0 Å². The molecule has 2 N–H and O–H groups in total. The van der Waals surface area contributed by atoms with Crippen LogP contribution >= 0.6 is 0 Å². The van der Waals surface area contributed by atoms with Gasteiger partial charge in [-0.05, 0) is 6.07 Å². The average Bonchev–Trinajstić information content (AvgIpc) is 2.42. The second-order valence-electron chi connectivity index (χ2n) is 3.70. The molecule has 0 aliphatic rings. The number of hydrogen-bond donors (Lipinski definition) is 2. The molecule has 0 unspecified atom stereocenters. The molecule has 1 aromatic heterocycles. The summed E-state index contributed by atoms with van der Waals surface area (Å²) < 4.78 is 26.7. The summed E-state index contributed by atoms with van der Waals surface area (Å²) in [7, 11) is 0. The molecule has 0 radical (unpaired) electrons. The summed E-state index contributed by atoms with van der Waals surface area (Å²) in [5.41, 5.74) is -1.14. The fraction of sp³-hybridized carbons (Fsp3) is 0. The Hall–Kier alpha value is -2.90. The first-order chi connectivity index (χ1) is 9.49. The molecule has 6 nitrogen and oxygen atoms in total. The smallest absolute Gasteiger partial charge is 0.338 e. The van der Waals surface area contributed by atoms with E-state index in [-0.39, 0.29) is 5.56 Å². The van der Waals surface area contributed by atoms with Gasteiger partial charge in [-0.15, -0.1) is 0 Å². The van der Waals surface area contributed by atoms with E-state index >= 15 is 0 Å². The summed E-state index contributed by atoms with van der Waals surface area (Å²) in [6, 6.07) is 1.09. The van der Waals surface area contributed by atoms with Crippen LogP contribution in [-0.2, 0) is 0 Å². The second-order valence-corrected chi connectivity index (χ2v) is 3.70. The first-order valence-electron chi connectivity index (χ1n) is 5.27. The van der Waals surface area contributed by atoms with Crippen LogP contribution in [0.25, 0.3) is 0 Å². The lowest BCUT2D eigenvalue weighted by molar-refractivity contribution is 0.0691. The third-order valence-corrected chi connectivity index (χ3v) is 2.36. The summed E-state index contributed by atoms with van der Waals surface area (Å²) in [5, 5.41) is 10.9. The molecule has 20 heavy (non-hydrogen) atoms. The quantitative estimate of drug-likeness (QED) is 0.892. The van der Waals surface area contributed by atoms with Gasteiger partial charge < -0.3 is 10.4 Å². The Balaban J connectivity index is 2.32. The second kappa shape index (κ2) is 5.39. The van der Waals surface area contributed by atoms with Crippen molar-refractivity contribution in [1.29, 1.82) is 0 Å². The van der Waals surface area contributed by atoms with Gasteiger partial charge in [0.05, 0.1) is 16.8 Å². The van der Waals surface area contributed by atoms with E-state index in [4.69, 9.17) is 5.11 Å². The van der Waals surface area contributed by atoms with Crippen LogP contribution in [0.5, 0.6) is 0 Å². The zero-order valence-electron chi connectivity index (χ0n) is 9.80. The van der Waals surface area contributed by atoms with E-state index in [2.05, 4.69) is 15.3 Å². The lowest BCUT2D eigenvalue weighted by Gasteiger charge is -2.07. The number of aromatic nitrogens is 2. The molecule has 0 spiro atoms. The van der Waals surface area contributed by atoms with Crippen LogP contribution in [0, 0.1) is 11.6 Å². The summed E-state index contributed by atoms with van der Waals surface area (Å²) in [6.07, 6.45) is 3.60. The van der Waals surface area contributed by atoms with Crippen molar-refractivity contribution in [1.82, 2.24) is 9.97 Å². The van der Waals surface area contributed by atoms with Gasteiger partial charge in [-0.25, -0.2) is 23.5 Å². The van der Waals surface area contributed by atoms with Gasteiger partial charge in [-0.3, -0.25) is 4.79 Å². The number of rotatable bonds is 3. The monoisotopic (exact) mass is 279 g/mol. The van der Waals surface area contributed by atoms with Crippen molar-refractivity contribution >= 4 is 17.6 Å². The number of anilines is 1. The zero-order chi connectivity index (χ0) is 14.7. The van der Waals surface area contributed by atoms with Crippen molar-refractivity contribution in [3.63, 3.8) is 0 Å². The molecule has 0 saturated heterocycles. The van der Waals surface area contributed by atoms with Crippen LogP contribution < -0.4 is 5.32 Å². The third kappa shape index (κ3) is 2.74. The van der Waals surface area contributed by atoms with E-state index in [0.29, 0.717) is 12.1 Å². The number of aromatic carboxylic acids is 1. The van der Waals surface area contributed by atoms with Gasteiger partial charge in [-0.2, -0.15) is 0 Å². The largest absolute Gasteiger partial charge is 0.478 e. The van der Waals surface area contributed by atoms with E-state index in [1.807, 2.05) is 0 Å². The Bertz CT molecular complexity index is 677. The Kier molecular flexibility index (Phi) is 3.65. The van der Waals surface area contributed by atoms with E-state index in [1.54, 1.807) is 0 Å². The molecule has 102 valence electrons. The van der Waals surface area contributed by atoms with Gasteiger partial charge in [0.25, 0.3) is 5.91 Å². The van der Waals surface area contributed by atoms with Crippen LogP contribution in [0.3, 0.4) is 0 Å². The van der Waals surface area contributed by atoms with Crippen LogP contribution in [0.15, 0.2) is 30.9 Å². The molecule has 0 atom stereocenters. The maximum atomic E-state index is 13.5. The van der Waals surface area contributed by atoms with Crippen molar-refractivity contribution in [2.75, 3.05) is 5.32 Å². The topological polar surface area (TPSA) is 92.2 Å². The Labute approximate surface area is 111 Å². The average molecular weight is 279 g/mol. The van der Waals surface area contributed by atoms with Gasteiger partial charge in [0, 0.05) is 18.5 Å². The van der Waals surface area contributed by atoms with Crippen molar-refractivity contribution < 1.29 is 23.5 Å². The highest BCUT2D eigenvalue weighted by atomic mass is 19.1. The Morgan fingerprint density at radius 1 is 1.10 bits per heavy atom. The number of halogens is 2. The number of hydrogen-bond acceptors (Lipinski definition) is 4. The van der Waals surface area contributed by atoms with Crippen molar-refractivity contribution in [2.45, 2.75) is 0 Å². The molecule has 0 aliphatic heterocycles. The summed E-state index contributed by atoms with van der Waals surface area (Å²) in [6.45, 7) is 0. The number of carboxylic acids is 1. The summed E-state index contributed by atoms with van der Waals surface area (Å²) >= 11 is 0. The number of nitrogens with zero attached hydrogens (tertiary/aromatic N) is 2. The molecule has 2 rings (SSSR count). The first kappa shape index (κ1) is 13.5. The number of benzene rings is 1. The highest BCUT2D eigenvalue weighted by molar-refractivity contribution is 6.04. The molecular weight excluding hydrogens is 272 g/mol. The van der Waals surface area contributed by atoms with Gasteiger partial charge >= 0.3 is 5.97 Å².